The van der Waals surface area contributed by atoms with Gasteiger partial charge in [-0.3, -0.25) is 9.78 Å². The summed E-state index contributed by atoms with van der Waals surface area (Å²) in [5.74, 6) is 0.0933. The van der Waals surface area contributed by atoms with E-state index in [2.05, 4.69) is 20.9 Å². The maximum Gasteiger partial charge on any atom is 0.168 e. The van der Waals surface area contributed by atoms with Crippen molar-refractivity contribution in [1.29, 1.82) is 0 Å². The molecule has 18 heavy (non-hydrogen) atoms. The van der Waals surface area contributed by atoms with Crippen LogP contribution in [0.1, 0.15) is 27.2 Å². The standard InChI is InChI=1S/C15H14BrNO/c1-10-3-4-14(17-9-10)8-15(18)12-5-11(2)6-13(16)7-12/h3-7,9H,8H2,1-2H3. The first-order valence-corrected chi connectivity index (χ1v) is 6.56. The summed E-state index contributed by atoms with van der Waals surface area (Å²) in [5, 5.41) is 0. The van der Waals surface area contributed by atoms with Crippen molar-refractivity contribution in [3.8, 4) is 0 Å². The molecule has 0 aliphatic carbocycles. The minimum absolute atomic E-state index is 0.0933. The first-order chi connectivity index (χ1) is 8.54. The van der Waals surface area contributed by atoms with Crippen molar-refractivity contribution in [3.05, 3.63) is 63.4 Å². The molecule has 2 rings (SSSR count). The molecule has 0 bridgehead atoms. The van der Waals surface area contributed by atoms with Gasteiger partial charge in [-0.15, -0.1) is 0 Å². The third kappa shape index (κ3) is 3.26. The molecule has 0 amide bonds. The highest BCUT2D eigenvalue weighted by molar-refractivity contribution is 9.10. The number of hydrogen-bond acceptors (Lipinski definition) is 2. The van der Waals surface area contributed by atoms with Crippen molar-refractivity contribution in [3.63, 3.8) is 0 Å². The van der Waals surface area contributed by atoms with Crippen LogP contribution in [0.2, 0.25) is 0 Å². The van der Waals surface area contributed by atoms with Gasteiger partial charge in [0.1, 0.15) is 0 Å². The molecule has 2 aromatic rings. The molecule has 3 heteroatoms. The number of carbonyl (C=O) groups is 1. The van der Waals surface area contributed by atoms with E-state index in [4.69, 9.17) is 0 Å². The number of ketones is 1. The zero-order chi connectivity index (χ0) is 13.1. The van der Waals surface area contributed by atoms with Gasteiger partial charge in [0.25, 0.3) is 0 Å². The SMILES string of the molecule is Cc1ccc(CC(=O)c2cc(C)cc(Br)c2)nc1. The average Bonchev–Trinajstić information content (AvgIpc) is 2.31. The predicted molar refractivity (Wildman–Crippen MR) is 75.9 cm³/mol. The normalized spacial score (nSPS) is 10.4. The zero-order valence-electron chi connectivity index (χ0n) is 10.4. The highest BCUT2D eigenvalue weighted by atomic mass is 79.9. The summed E-state index contributed by atoms with van der Waals surface area (Å²) in [7, 11) is 0. The summed E-state index contributed by atoms with van der Waals surface area (Å²) in [4.78, 5) is 16.4. The second kappa shape index (κ2) is 5.44. The van der Waals surface area contributed by atoms with Crippen LogP contribution >= 0.6 is 15.9 Å². The molecule has 0 atom stereocenters. The number of aromatic nitrogens is 1. The van der Waals surface area contributed by atoms with Crippen LogP contribution in [-0.4, -0.2) is 10.8 Å². The Labute approximate surface area is 115 Å². The summed E-state index contributed by atoms with van der Waals surface area (Å²) < 4.78 is 0.933. The van der Waals surface area contributed by atoms with Gasteiger partial charge in [0, 0.05) is 21.9 Å². The van der Waals surface area contributed by atoms with Gasteiger partial charge in [0.2, 0.25) is 0 Å². The zero-order valence-corrected chi connectivity index (χ0v) is 12.0. The lowest BCUT2D eigenvalue weighted by Gasteiger charge is -2.04. The maximum atomic E-state index is 12.1. The lowest BCUT2D eigenvalue weighted by molar-refractivity contribution is 0.0992. The van der Waals surface area contributed by atoms with Crippen molar-refractivity contribution in [1.82, 2.24) is 4.98 Å². The third-order valence-corrected chi connectivity index (χ3v) is 3.14. The Hall–Kier alpha value is -1.48. The quantitative estimate of drug-likeness (QED) is 0.805. The second-order valence-corrected chi connectivity index (χ2v) is 5.36. The number of rotatable bonds is 3. The Morgan fingerprint density at radius 1 is 1.17 bits per heavy atom. The number of Topliss-reactive ketones (excluding diaryl/α,β-unsaturated/α-hetero) is 1. The van der Waals surface area contributed by atoms with Gasteiger partial charge >= 0.3 is 0 Å². The van der Waals surface area contributed by atoms with E-state index in [0.717, 1.165) is 26.9 Å². The van der Waals surface area contributed by atoms with Crippen LogP contribution in [-0.2, 0) is 6.42 Å². The maximum absolute atomic E-state index is 12.1. The fourth-order valence-corrected chi connectivity index (χ4v) is 2.37. The molecule has 1 aromatic heterocycles. The Bertz CT molecular complexity index is 555. The van der Waals surface area contributed by atoms with Crippen molar-refractivity contribution in [2.75, 3.05) is 0 Å². The van der Waals surface area contributed by atoms with Gasteiger partial charge in [-0.1, -0.05) is 22.0 Å². The number of nitrogens with zero attached hydrogens (tertiary/aromatic N) is 1. The Kier molecular flexibility index (Phi) is 3.92. The topological polar surface area (TPSA) is 30.0 Å². The van der Waals surface area contributed by atoms with Gasteiger partial charge in [0.15, 0.2) is 5.78 Å². The first kappa shape index (κ1) is 13.0. The molecule has 0 aliphatic heterocycles. The van der Waals surface area contributed by atoms with E-state index in [1.807, 2.05) is 44.2 Å². The van der Waals surface area contributed by atoms with Crippen molar-refractivity contribution >= 4 is 21.7 Å². The molecule has 0 aliphatic rings. The molecule has 0 N–H and O–H groups in total. The molecule has 0 saturated carbocycles. The average molecular weight is 304 g/mol. The van der Waals surface area contributed by atoms with Crippen LogP contribution in [0.3, 0.4) is 0 Å². The van der Waals surface area contributed by atoms with Crippen LogP contribution in [0, 0.1) is 13.8 Å². The van der Waals surface area contributed by atoms with Gasteiger partial charge in [-0.25, -0.2) is 0 Å². The van der Waals surface area contributed by atoms with Crippen molar-refractivity contribution in [2.45, 2.75) is 20.3 Å². The van der Waals surface area contributed by atoms with Crippen LogP contribution < -0.4 is 0 Å². The van der Waals surface area contributed by atoms with Crippen molar-refractivity contribution < 1.29 is 4.79 Å². The van der Waals surface area contributed by atoms with Gasteiger partial charge in [-0.2, -0.15) is 0 Å². The molecule has 92 valence electrons. The largest absolute Gasteiger partial charge is 0.294 e. The minimum atomic E-state index is 0.0933. The van der Waals surface area contributed by atoms with E-state index in [9.17, 15) is 4.79 Å². The third-order valence-electron chi connectivity index (χ3n) is 2.68. The number of hydrogen-bond donors (Lipinski definition) is 0. The molecule has 1 aromatic carbocycles. The summed E-state index contributed by atoms with van der Waals surface area (Å²) in [5.41, 5.74) is 3.71. The lowest BCUT2D eigenvalue weighted by Crippen LogP contribution is -2.05. The molecule has 0 unspecified atom stereocenters. The molecule has 0 radical (unpaired) electrons. The number of aryl methyl sites for hydroxylation is 2. The fourth-order valence-electron chi connectivity index (χ4n) is 1.77. The molecule has 2 nitrogen and oxygen atoms in total. The highest BCUT2D eigenvalue weighted by Crippen LogP contribution is 2.16. The molecule has 0 spiro atoms. The van der Waals surface area contributed by atoms with Crippen LogP contribution in [0.25, 0.3) is 0 Å². The predicted octanol–water partition coefficient (Wildman–Crippen LogP) is 3.89. The number of carbonyl (C=O) groups excluding carboxylic acids is 1. The minimum Gasteiger partial charge on any atom is -0.294 e. The Morgan fingerprint density at radius 3 is 2.56 bits per heavy atom. The van der Waals surface area contributed by atoms with Gasteiger partial charge in [0.05, 0.1) is 6.42 Å². The molecule has 0 saturated heterocycles. The van der Waals surface area contributed by atoms with E-state index in [-0.39, 0.29) is 5.78 Å². The monoisotopic (exact) mass is 303 g/mol. The number of benzene rings is 1. The lowest BCUT2D eigenvalue weighted by atomic mass is 10.0. The van der Waals surface area contributed by atoms with Gasteiger partial charge in [-0.05, 0) is 49.2 Å². The van der Waals surface area contributed by atoms with E-state index >= 15 is 0 Å². The second-order valence-electron chi connectivity index (χ2n) is 4.44. The van der Waals surface area contributed by atoms with Crippen LogP contribution in [0.4, 0.5) is 0 Å². The van der Waals surface area contributed by atoms with Crippen molar-refractivity contribution in [2.24, 2.45) is 0 Å². The van der Waals surface area contributed by atoms with E-state index in [1.165, 1.54) is 0 Å². The summed E-state index contributed by atoms with van der Waals surface area (Å²) in [6, 6.07) is 9.62. The fraction of sp³-hybridized carbons (Fsp3) is 0.200. The molecular formula is C15H14BrNO. The van der Waals surface area contributed by atoms with E-state index in [1.54, 1.807) is 6.20 Å². The van der Waals surface area contributed by atoms with E-state index < -0.39 is 0 Å². The summed E-state index contributed by atoms with van der Waals surface area (Å²) >= 11 is 3.41. The number of pyridine rings is 1. The van der Waals surface area contributed by atoms with E-state index in [0.29, 0.717) is 6.42 Å². The smallest absolute Gasteiger partial charge is 0.168 e. The van der Waals surface area contributed by atoms with Crippen LogP contribution in [0.15, 0.2) is 41.0 Å². The first-order valence-electron chi connectivity index (χ1n) is 5.76. The highest BCUT2D eigenvalue weighted by Gasteiger charge is 2.09. The van der Waals surface area contributed by atoms with Gasteiger partial charge < -0.3 is 0 Å². The summed E-state index contributed by atoms with van der Waals surface area (Å²) in [6.45, 7) is 3.96. The molecule has 1 heterocycles. The molecular weight excluding hydrogens is 290 g/mol. The Balaban J connectivity index is 2.19. The van der Waals surface area contributed by atoms with Crippen LogP contribution in [0.5, 0.6) is 0 Å². The molecule has 0 fully saturated rings. The summed E-state index contributed by atoms with van der Waals surface area (Å²) in [6.07, 6.45) is 2.13. The number of halogens is 1. The Morgan fingerprint density at radius 2 is 1.94 bits per heavy atom.